The van der Waals surface area contributed by atoms with E-state index >= 15 is 0 Å². The second-order valence-electron chi connectivity index (χ2n) is 5.73. The standard InChI is InChI=1S/C13H27N3/c1-16(2)13(7-4-8-13)11-15-12-5-3-9-14-10-6-12/h12,14-15H,3-11H2,1-2H3. The van der Waals surface area contributed by atoms with Crippen molar-refractivity contribution in [2.75, 3.05) is 33.7 Å². The van der Waals surface area contributed by atoms with Crippen molar-refractivity contribution in [3.63, 3.8) is 0 Å². The maximum absolute atomic E-state index is 3.80. The first-order chi connectivity index (χ1) is 7.73. The first-order valence-corrected chi connectivity index (χ1v) is 6.84. The van der Waals surface area contributed by atoms with Crippen LogP contribution in [0.4, 0.5) is 0 Å². The Labute approximate surface area is 100.0 Å². The van der Waals surface area contributed by atoms with Crippen molar-refractivity contribution in [2.45, 2.75) is 50.1 Å². The third-order valence-corrected chi connectivity index (χ3v) is 4.53. The number of nitrogens with one attached hydrogen (secondary N) is 2. The van der Waals surface area contributed by atoms with Crippen LogP contribution in [-0.2, 0) is 0 Å². The molecule has 2 N–H and O–H groups in total. The lowest BCUT2D eigenvalue weighted by Gasteiger charge is -2.48. The molecule has 2 fully saturated rings. The fourth-order valence-electron chi connectivity index (χ4n) is 2.92. The number of likely N-dealkylation sites (N-methyl/N-ethyl adjacent to an activating group) is 1. The van der Waals surface area contributed by atoms with Gasteiger partial charge >= 0.3 is 0 Å². The molecule has 1 atom stereocenters. The summed E-state index contributed by atoms with van der Waals surface area (Å²) in [6.07, 6.45) is 8.12. The molecule has 1 aliphatic heterocycles. The summed E-state index contributed by atoms with van der Waals surface area (Å²) in [6.45, 7) is 3.58. The second-order valence-corrected chi connectivity index (χ2v) is 5.73. The van der Waals surface area contributed by atoms with Crippen molar-refractivity contribution >= 4 is 0 Å². The third kappa shape index (κ3) is 2.76. The van der Waals surface area contributed by atoms with E-state index < -0.39 is 0 Å². The van der Waals surface area contributed by atoms with Crippen LogP contribution in [0.3, 0.4) is 0 Å². The number of rotatable bonds is 4. The average molecular weight is 225 g/mol. The van der Waals surface area contributed by atoms with E-state index in [1.807, 2.05) is 0 Å². The van der Waals surface area contributed by atoms with E-state index in [2.05, 4.69) is 29.6 Å². The molecule has 94 valence electrons. The van der Waals surface area contributed by atoms with E-state index in [0.29, 0.717) is 5.54 Å². The van der Waals surface area contributed by atoms with Crippen LogP contribution in [0.25, 0.3) is 0 Å². The minimum absolute atomic E-state index is 0.472. The Morgan fingerprint density at radius 1 is 1.19 bits per heavy atom. The molecule has 1 heterocycles. The highest BCUT2D eigenvalue weighted by Crippen LogP contribution is 2.35. The SMILES string of the molecule is CN(C)C1(CNC2CCCNCC2)CCC1. The van der Waals surface area contributed by atoms with Crippen molar-refractivity contribution in [3.8, 4) is 0 Å². The highest BCUT2D eigenvalue weighted by Gasteiger charge is 2.38. The molecular formula is C13H27N3. The summed E-state index contributed by atoms with van der Waals surface area (Å²) < 4.78 is 0. The van der Waals surface area contributed by atoms with Crippen LogP contribution in [0, 0.1) is 0 Å². The van der Waals surface area contributed by atoms with Crippen molar-refractivity contribution < 1.29 is 0 Å². The molecule has 0 amide bonds. The highest BCUT2D eigenvalue weighted by atomic mass is 15.2. The van der Waals surface area contributed by atoms with E-state index in [9.17, 15) is 0 Å². The Bertz CT molecular complexity index is 203. The number of nitrogens with zero attached hydrogens (tertiary/aromatic N) is 1. The van der Waals surface area contributed by atoms with Gasteiger partial charge in [-0.1, -0.05) is 0 Å². The molecule has 0 bridgehead atoms. The molecule has 3 heteroatoms. The van der Waals surface area contributed by atoms with Crippen molar-refractivity contribution in [1.29, 1.82) is 0 Å². The summed E-state index contributed by atoms with van der Waals surface area (Å²) in [7, 11) is 4.46. The van der Waals surface area contributed by atoms with E-state index in [4.69, 9.17) is 0 Å². The van der Waals surface area contributed by atoms with E-state index in [-0.39, 0.29) is 0 Å². The van der Waals surface area contributed by atoms with Gasteiger partial charge in [0.25, 0.3) is 0 Å². The van der Waals surface area contributed by atoms with Gasteiger partial charge in [-0.3, -0.25) is 0 Å². The lowest BCUT2D eigenvalue weighted by molar-refractivity contribution is 0.0566. The molecule has 3 nitrogen and oxygen atoms in total. The van der Waals surface area contributed by atoms with Crippen LogP contribution in [0.1, 0.15) is 38.5 Å². The second kappa shape index (κ2) is 5.48. The summed E-state index contributed by atoms with van der Waals surface area (Å²) in [6, 6.07) is 0.743. The van der Waals surface area contributed by atoms with Crippen LogP contribution < -0.4 is 10.6 Å². The molecule has 16 heavy (non-hydrogen) atoms. The monoisotopic (exact) mass is 225 g/mol. The lowest BCUT2D eigenvalue weighted by Crippen LogP contribution is -2.57. The normalized spacial score (nSPS) is 29.8. The molecule has 0 aromatic heterocycles. The Morgan fingerprint density at radius 3 is 2.62 bits per heavy atom. The largest absolute Gasteiger partial charge is 0.317 e. The summed E-state index contributed by atoms with van der Waals surface area (Å²) >= 11 is 0. The van der Waals surface area contributed by atoms with Crippen LogP contribution in [-0.4, -0.2) is 50.2 Å². The van der Waals surface area contributed by atoms with Gasteiger partial charge in [0.05, 0.1) is 0 Å². The molecule has 0 radical (unpaired) electrons. The maximum atomic E-state index is 3.80. The zero-order valence-electron chi connectivity index (χ0n) is 10.9. The highest BCUT2D eigenvalue weighted by molar-refractivity contribution is 4.98. The lowest BCUT2D eigenvalue weighted by atomic mass is 9.75. The van der Waals surface area contributed by atoms with E-state index in [1.165, 1.54) is 58.2 Å². The summed E-state index contributed by atoms with van der Waals surface area (Å²) in [5, 5.41) is 7.28. The molecule has 0 aromatic rings. The van der Waals surface area contributed by atoms with Crippen molar-refractivity contribution in [2.24, 2.45) is 0 Å². The van der Waals surface area contributed by atoms with E-state index in [0.717, 1.165) is 6.04 Å². The molecule has 0 spiro atoms. The van der Waals surface area contributed by atoms with Crippen LogP contribution in [0.5, 0.6) is 0 Å². The number of hydrogen-bond donors (Lipinski definition) is 2. The molecule has 0 aromatic carbocycles. The van der Waals surface area contributed by atoms with Gasteiger partial charge in [-0.25, -0.2) is 0 Å². The third-order valence-electron chi connectivity index (χ3n) is 4.53. The van der Waals surface area contributed by atoms with Crippen LogP contribution in [0.15, 0.2) is 0 Å². The van der Waals surface area contributed by atoms with Gasteiger partial charge in [-0.2, -0.15) is 0 Å². The molecule has 1 aliphatic carbocycles. The van der Waals surface area contributed by atoms with Gasteiger partial charge in [0.2, 0.25) is 0 Å². The zero-order chi connectivity index (χ0) is 11.4. The molecule has 2 rings (SSSR count). The first-order valence-electron chi connectivity index (χ1n) is 6.84. The van der Waals surface area contributed by atoms with Gasteiger partial charge in [-0.15, -0.1) is 0 Å². The van der Waals surface area contributed by atoms with Gasteiger partial charge in [0, 0.05) is 18.1 Å². The number of hydrogen-bond acceptors (Lipinski definition) is 3. The van der Waals surface area contributed by atoms with Crippen LogP contribution in [0.2, 0.25) is 0 Å². The zero-order valence-corrected chi connectivity index (χ0v) is 10.9. The first kappa shape index (κ1) is 12.3. The Kier molecular flexibility index (Phi) is 4.22. The predicted molar refractivity (Wildman–Crippen MR) is 68.8 cm³/mol. The minimum Gasteiger partial charge on any atom is -0.317 e. The smallest absolute Gasteiger partial charge is 0.0328 e. The molecule has 1 saturated heterocycles. The summed E-state index contributed by atoms with van der Waals surface area (Å²) in [5.74, 6) is 0. The van der Waals surface area contributed by atoms with Gasteiger partial charge in [-0.05, 0) is 65.7 Å². The molecule has 1 unspecified atom stereocenters. The quantitative estimate of drug-likeness (QED) is 0.753. The van der Waals surface area contributed by atoms with E-state index in [1.54, 1.807) is 0 Å². The summed E-state index contributed by atoms with van der Waals surface area (Å²) in [4.78, 5) is 2.43. The Balaban J connectivity index is 1.76. The molecular weight excluding hydrogens is 198 g/mol. The van der Waals surface area contributed by atoms with Crippen molar-refractivity contribution in [1.82, 2.24) is 15.5 Å². The molecule has 2 aliphatic rings. The average Bonchev–Trinajstić information content (AvgIpc) is 2.44. The van der Waals surface area contributed by atoms with Crippen LogP contribution >= 0.6 is 0 Å². The fourth-order valence-corrected chi connectivity index (χ4v) is 2.92. The predicted octanol–water partition coefficient (Wildman–Crippen LogP) is 1.20. The van der Waals surface area contributed by atoms with Gasteiger partial charge in [0.15, 0.2) is 0 Å². The Morgan fingerprint density at radius 2 is 2.00 bits per heavy atom. The molecule has 1 saturated carbocycles. The maximum Gasteiger partial charge on any atom is 0.0328 e. The minimum atomic E-state index is 0.472. The topological polar surface area (TPSA) is 27.3 Å². The van der Waals surface area contributed by atoms with Gasteiger partial charge < -0.3 is 15.5 Å². The fraction of sp³-hybridized carbons (Fsp3) is 1.00. The van der Waals surface area contributed by atoms with Crippen molar-refractivity contribution in [3.05, 3.63) is 0 Å². The Hall–Kier alpha value is -0.120. The van der Waals surface area contributed by atoms with Gasteiger partial charge in [0.1, 0.15) is 0 Å². The summed E-state index contributed by atoms with van der Waals surface area (Å²) in [5.41, 5.74) is 0.472.